The van der Waals surface area contributed by atoms with E-state index in [-0.39, 0.29) is 6.61 Å². The fourth-order valence-electron chi connectivity index (χ4n) is 0.744. The van der Waals surface area contributed by atoms with Gasteiger partial charge in [-0.1, -0.05) is 27.0 Å². The largest absolute Gasteiger partial charge is 0.495 e. The minimum absolute atomic E-state index is 0.236. The van der Waals surface area contributed by atoms with Crippen LogP contribution in [0.2, 0.25) is 0 Å². The Labute approximate surface area is 85.4 Å². The molecule has 1 atom stereocenters. The molecule has 0 N–H and O–H groups in total. The lowest BCUT2D eigenvalue weighted by Crippen LogP contribution is -2.10. The van der Waals surface area contributed by atoms with Gasteiger partial charge in [0.2, 0.25) is 0 Å². The molecule has 0 fully saturated rings. The summed E-state index contributed by atoms with van der Waals surface area (Å²) in [7, 11) is 0. The van der Waals surface area contributed by atoms with Gasteiger partial charge in [0.15, 0.2) is 0 Å². The monoisotopic (exact) mass is 198 g/mol. The SMILES string of the molecule is C=CC(=O)OCCOC(=C)C(C)CC. The van der Waals surface area contributed by atoms with Crippen molar-refractivity contribution in [2.45, 2.75) is 20.3 Å². The Balaban J connectivity index is 3.50. The molecule has 0 aliphatic heterocycles. The van der Waals surface area contributed by atoms with Gasteiger partial charge < -0.3 is 9.47 Å². The highest BCUT2D eigenvalue weighted by Gasteiger charge is 2.04. The fraction of sp³-hybridized carbons (Fsp3) is 0.545. The number of esters is 1. The number of allylic oxidation sites excluding steroid dienone is 1. The Bertz CT molecular complexity index is 209. The zero-order valence-corrected chi connectivity index (χ0v) is 8.91. The molecule has 0 saturated carbocycles. The van der Waals surface area contributed by atoms with Gasteiger partial charge >= 0.3 is 5.97 Å². The molecule has 0 saturated heterocycles. The minimum Gasteiger partial charge on any atom is -0.495 e. The molecular weight excluding hydrogens is 180 g/mol. The van der Waals surface area contributed by atoms with Crippen molar-refractivity contribution in [3.05, 3.63) is 25.0 Å². The van der Waals surface area contributed by atoms with E-state index in [0.717, 1.165) is 18.3 Å². The second-order valence-corrected chi connectivity index (χ2v) is 3.00. The van der Waals surface area contributed by atoms with Crippen LogP contribution < -0.4 is 0 Å². The molecule has 0 heterocycles. The Hall–Kier alpha value is -1.25. The maximum atomic E-state index is 10.6. The molecule has 80 valence electrons. The van der Waals surface area contributed by atoms with E-state index < -0.39 is 5.97 Å². The molecule has 0 aromatic rings. The number of hydrogen-bond acceptors (Lipinski definition) is 3. The van der Waals surface area contributed by atoms with Crippen LogP contribution >= 0.6 is 0 Å². The Kier molecular flexibility index (Phi) is 6.54. The van der Waals surface area contributed by atoms with Crippen LogP contribution in [-0.2, 0) is 14.3 Å². The normalized spacial score (nSPS) is 11.6. The van der Waals surface area contributed by atoms with Gasteiger partial charge in [-0.05, 0) is 6.42 Å². The van der Waals surface area contributed by atoms with Gasteiger partial charge in [0.1, 0.15) is 13.2 Å². The predicted molar refractivity (Wildman–Crippen MR) is 55.7 cm³/mol. The van der Waals surface area contributed by atoms with E-state index in [1.165, 1.54) is 0 Å². The summed E-state index contributed by atoms with van der Waals surface area (Å²) < 4.78 is 10.0. The molecule has 0 aromatic heterocycles. The number of rotatable bonds is 7. The lowest BCUT2D eigenvalue weighted by Gasteiger charge is -2.13. The summed E-state index contributed by atoms with van der Waals surface area (Å²) in [5.41, 5.74) is 0. The Morgan fingerprint density at radius 3 is 2.50 bits per heavy atom. The van der Waals surface area contributed by atoms with Gasteiger partial charge in [0, 0.05) is 12.0 Å². The first-order chi connectivity index (χ1) is 6.61. The highest BCUT2D eigenvalue weighted by molar-refractivity contribution is 5.81. The second-order valence-electron chi connectivity index (χ2n) is 3.00. The number of carbonyl (C=O) groups is 1. The van der Waals surface area contributed by atoms with Crippen LogP contribution in [0, 0.1) is 5.92 Å². The number of hydrogen-bond donors (Lipinski definition) is 0. The molecule has 0 aromatic carbocycles. The van der Waals surface area contributed by atoms with Crippen molar-refractivity contribution in [1.29, 1.82) is 0 Å². The van der Waals surface area contributed by atoms with Gasteiger partial charge in [0.05, 0.1) is 5.76 Å². The smallest absolute Gasteiger partial charge is 0.330 e. The molecule has 0 bridgehead atoms. The third-order valence-electron chi connectivity index (χ3n) is 1.94. The molecule has 1 unspecified atom stereocenters. The summed E-state index contributed by atoms with van der Waals surface area (Å²) in [6.07, 6.45) is 2.12. The molecule has 0 aliphatic carbocycles. The minimum atomic E-state index is -0.428. The van der Waals surface area contributed by atoms with Crippen LogP contribution in [0.1, 0.15) is 20.3 Å². The maximum absolute atomic E-state index is 10.6. The highest BCUT2D eigenvalue weighted by Crippen LogP contribution is 2.12. The van der Waals surface area contributed by atoms with Crippen molar-refractivity contribution in [2.75, 3.05) is 13.2 Å². The molecule has 0 radical (unpaired) electrons. The predicted octanol–water partition coefficient (Wildman–Crippen LogP) is 2.29. The van der Waals surface area contributed by atoms with Gasteiger partial charge in [0.25, 0.3) is 0 Å². The van der Waals surface area contributed by atoms with E-state index in [1.54, 1.807) is 0 Å². The molecule has 0 aliphatic rings. The third-order valence-corrected chi connectivity index (χ3v) is 1.94. The summed E-state index contributed by atoms with van der Waals surface area (Å²) in [6.45, 7) is 11.8. The first-order valence-corrected chi connectivity index (χ1v) is 4.72. The van der Waals surface area contributed by atoms with Crippen LogP contribution in [0.5, 0.6) is 0 Å². The van der Waals surface area contributed by atoms with Crippen LogP contribution in [0.4, 0.5) is 0 Å². The Morgan fingerprint density at radius 2 is 2.00 bits per heavy atom. The summed E-state index contributed by atoms with van der Waals surface area (Å²) in [4.78, 5) is 10.6. The van der Waals surface area contributed by atoms with Crippen molar-refractivity contribution < 1.29 is 14.3 Å². The van der Waals surface area contributed by atoms with E-state index in [9.17, 15) is 4.79 Å². The molecule has 3 heteroatoms. The zero-order valence-electron chi connectivity index (χ0n) is 8.91. The van der Waals surface area contributed by atoms with E-state index in [0.29, 0.717) is 12.5 Å². The summed E-state index contributed by atoms with van der Waals surface area (Å²) in [5.74, 6) is 0.648. The zero-order chi connectivity index (χ0) is 11.0. The van der Waals surface area contributed by atoms with Crippen molar-refractivity contribution in [3.8, 4) is 0 Å². The maximum Gasteiger partial charge on any atom is 0.330 e. The van der Waals surface area contributed by atoms with Gasteiger partial charge in [-0.25, -0.2) is 4.79 Å². The van der Waals surface area contributed by atoms with Gasteiger partial charge in [-0.3, -0.25) is 0 Å². The fourth-order valence-corrected chi connectivity index (χ4v) is 0.744. The topological polar surface area (TPSA) is 35.5 Å². The van der Waals surface area contributed by atoms with Crippen molar-refractivity contribution in [1.82, 2.24) is 0 Å². The van der Waals surface area contributed by atoms with Crippen LogP contribution in [-0.4, -0.2) is 19.2 Å². The van der Waals surface area contributed by atoms with E-state index in [1.807, 2.05) is 6.92 Å². The number of ether oxygens (including phenoxy) is 2. The molecule has 0 rings (SSSR count). The van der Waals surface area contributed by atoms with E-state index >= 15 is 0 Å². The highest BCUT2D eigenvalue weighted by atomic mass is 16.6. The molecular formula is C11H18O3. The molecule has 3 nitrogen and oxygen atoms in total. The molecule has 0 amide bonds. The summed E-state index contributed by atoms with van der Waals surface area (Å²) in [5, 5.41) is 0. The van der Waals surface area contributed by atoms with Gasteiger partial charge in [-0.2, -0.15) is 0 Å². The first kappa shape index (κ1) is 12.8. The van der Waals surface area contributed by atoms with E-state index in [4.69, 9.17) is 9.47 Å². The quantitative estimate of drug-likeness (QED) is 0.272. The van der Waals surface area contributed by atoms with Crippen LogP contribution in [0.15, 0.2) is 25.0 Å². The lowest BCUT2D eigenvalue weighted by atomic mass is 10.1. The van der Waals surface area contributed by atoms with E-state index in [2.05, 4.69) is 20.1 Å². The molecule has 14 heavy (non-hydrogen) atoms. The molecule has 0 spiro atoms. The van der Waals surface area contributed by atoms with Gasteiger partial charge in [-0.15, -0.1) is 0 Å². The average molecular weight is 198 g/mol. The summed E-state index contributed by atoms with van der Waals surface area (Å²) in [6, 6.07) is 0. The van der Waals surface area contributed by atoms with Crippen LogP contribution in [0.3, 0.4) is 0 Å². The standard InChI is InChI=1S/C11H18O3/c1-5-9(3)10(4)13-7-8-14-11(12)6-2/h6,9H,2,4-5,7-8H2,1,3H3. The second kappa shape index (κ2) is 7.18. The lowest BCUT2D eigenvalue weighted by molar-refractivity contribution is -0.138. The average Bonchev–Trinajstić information content (AvgIpc) is 2.22. The van der Waals surface area contributed by atoms with Crippen molar-refractivity contribution in [3.63, 3.8) is 0 Å². The Morgan fingerprint density at radius 1 is 1.43 bits per heavy atom. The van der Waals surface area contributed by atoms with Crippen LogP contribution in [0.25, 0.3) is 0 Å². The number of carbonyl (C=O) groups excluding carboxylic acids is 1. The summed E-state index contributed by atoms with van der Waals surface area (Å²) >= 11 is 0. The van der Waals surface area contributed by atoms with Crippen molar-refractivity contribution in [2.24, 2.45) is 5.92 Å². The van der Waals surface area contributed by atoms with Crippen molar-refractivity contribution >= 4 is 5.97 Å². The third kappa shape index (κ3) is 5.41. The first-order valence-electron chi connectivity index (χ1n) is 4.72.